The van der Waals surface area contributed by atoms with Crippen molar-refractivity contribution in [2.24, 2.45) is 0 Å². The summed E-state index contributed by atoms with van der Waals surface area (Å²) >= 11 is 3.53. The van der Waals surface area contributed by atoms with Gasteiger partial charge in [-0.25, -0.2) is 9.59 Å². The van der Waals surface area contributed by atoms with Crippen LogP contribution < -0.4 is 0 Å². The van der Waals surface area contributed by atoms with E-state index < -0.39 is 11.9 Å². The first-order valence-corrected chi connectivity index (χ1v) is 10.3. The second kappa shape index (κ2) is 14.9. The zero-order chi connectivity index (χ0) is 23.1. The molecule has 0 atom stereocenters. The monoisotopic (exact) mass is 430 g/mol. The molecule has 0 spiro atoms. The Morgan fingerprint density at radius 3 is 2.30 bits per heavy atom. The summed E-state index contributed by atoms with van der Waals surface area (Å²) in [4.78, 5) is 23.1. The van der Waals surface area contributed by atoms with Gasteiger partial charge in [0.15, 0.2) is 0 Å². The molecule has 0 aliphatic carbocycles. The molecule has 0 radical (unpaired) electrons. The largest absolute Gasteiger partial charge is 0.477 e. The molecule has 1 heterocycles. The van der Waals surface area contributed by atoms with Crippen LogP contribution in [0.3, 0.4) is 0 Å². The fourth-order valence-corrected chi connectivity index (χ4v) is 2.42. The standard InChI is InChI=1S/C20H20N2O4.C2H6.CH4S/c1-4-6-15(7-5-2)17-12-18(19(23)24)22(21-17)13-14-8-10-16(11-9-14)20(25)26-3;2*1-2/h4-12H,1,13H2,2-3H3,(H,23,24);1-2H3;2H,1H3/b7-5-,15-6+;;. The number of esters is 1. The summed E-state index contributed by atoms with van der Waals surface area (Å²) in [6.07, 6.45) is 8.77. The van der Waals surface area contributed by atoms with Crippen molar-refractivity contribution >= 4 is 30.1 Å². The van der Waals surface area contributed by atoms with Crippen molar-refractivity contribution in [3.63, 3.8) is 0 Å². The number of nitrogens with zero attached hydrogens (tertiary/aromatic N) is 2. The topological polar surface area (TPSA) is 81.4 Å². The molecule has 7 heteroatoms. The van der Waals surface area contributed by atoms with Gasteiger partial charge < -0.3 is 9.84 Å². The van der Waals surface area contributed by atoms with Gasteiger partial charge in [0.05, 0.1) is 24.9 Å². The predicted molar refractivity (Wildman–Crippen MR) is 125 cm³/mol. The molecule has 1 N–H and O–H groups in total. The highest BCUT2D eigenvalue weighted by atomic mass is 32.1. The van der Waals surface area contributed by atoms with Gasteiger partial charge in [0, 0.05) is 5.57 Å². The molecule has 2 aromatic rings. The third-order valence-corrected chi connectivity index (χ3v) is 3.65. The third kappa shape index (κ3) is 7.75. The summed E-state index contributed by atoms with van der Waals surface area (Å²) in [6, 6.07) is 8.28. The molecule has 0 saturated heterocycles. The lowest BCUT2D eigenvalue weighted by Gasteiger charge is -2.06. The molecule has 0 fully saturated rings. The van der Waals surface area contributed by atoms with Gasteiger partial charge in [-0.15, -0.1) is 0 Å². The normalized spacial score (nSPS) is 10.4. The van der Waals surface area contributed by atoms with Crippen LogP contribution in [0.25, 0.3) is 5.57 Å². The SMILES string of the molecule is C=C/C=C(\C=C/C)c1cc(C(=O)O)n(Cc2ccc(C(=O)OC)cc2)n1.CC.CS. The molecular weight excluding hydrogens is 400 g/mol. The first kappa shape index (κ1) is 26.9. The van der Waals surface area contributed by atoms with Crippen LogP contribution in [0.15, 0.2) is 61.2 Å². The van der Waals surface area contributed by atoms with Crippen LogP contribution in [0.5, 0.6) is 0 Å². The zero-order valence-corrected chi connectivity index (χ0v) is 19.0. The maximum absolute atomic E-state index is 11.6. The minimum absolute atomic E-state index is 0.0801. The summed E-state index contributed by atoms with van der Waals surface area (Å²) in [5.41, 5.74) is 2.64. The van der Waals surface area contributed by atoms with Crippen LogP contribution in [0.1, 0.15) is 52.9 Å². The number of thiol groups is 1. The van der Waals surface area contributed by atoms with Crippen molar-refractivity contribution in [3.05, 3.63) is 83.7 Å². The van der Waals surface area contributed by atoms with Gasteiger partial charge in [0.25, 0.3) is 0 Å². The van der Waals surface area contributed by atoms with E-state index in [1.807, 2.05) is 32.9 Å². The zero-order valence-electron chi connectivity index (χ0n) is 18.1. The van der Waals surface area contributed by atoms with E-state index in [0.717, 1.165) is 11.1 Å². The van der Waals surface area contributed by atoms with Crippen molar-refractivity contribution < 1.29 is 19.4 Å². The van der Waals surface area contributed by atoms with Gasteiger partial charge in [-0.1, -0.05) is 56.9 Å². The molecule has 0 aliphatic heterocycles. The van der Waals surface area contributed by atoms with Crippen LogP contribution in [-0.4, -0.2) is 40.2 Å². The maximum Gasteiger partial charge on any atom is 0.354 e. The van der Waals surface area contributed by atoms with Crippen LogP contribution >= 0.6 is 12.6 Å². The molecule has 1 aromatic heterocycles. The number of benzene rings is 1. The van der Waals surface area contributed by atoms with E-state index in [4.69, 9.17) is 0 Å². The lowest BCUT2D eigenvalue weighted by atomic mass is 10.1. The highest BCUT2D eigenvalue weighted by Crippen LogP contribution is 2.18. The first-order chi connectivity index (χ1) is 14.5. The molecule has 30 heavy (non-hydrogen) atoms. The van der Waals surface area contributed by atoms with E-state index in [-0.39, 0.29) is 12.2 Å². The Morgan fingerprint density at radius 2 is 1.83 bits per heavy atom. The Labute approximate surface area is 184 Å². The predicted octanol–water partition coefficient (Wildman–Crippen LogP) is 5.13. The van der Waals surface area contributed by atoms with Crippen LogP contribution in [0.4, 0.5) is 0 Å². The van der Waals surface area contributed by atoms with E-state index >= 15 is 0 Å². The number of aromatic carboxylic acids is 1. The number of allylic oxidation sites excluding steroid dienone is 5. The number of carbonyl (C=O) groups is 2. The molecule has 1 aromatic carbocycles. The summed E-state index contributed by atoms with van der Waals surface area (Å²) < 4.78 is 6.09. The lowest BCUT2D eigenvalue weighted by molar-refractivity contribution is 0.0599. The quantitative estimate of drug-likeness (QED) is 0.361. The fourth-order valence-electron chi connectivity index (χ4n) is 2.42. The molecule has 0 aliphatic rings. The Morgan fingerprint density at radius 1 is 1.23 bits per heavy atom. The van der Waals surface area contributed by atoms with E-state index in [1.54, 1.807) is 42.7 Å². The van der Waals surface area contributed by atoms with Gasteiger partial charge >= 0.3 is 11.9 Å². The number of carboxylic acids is 1. The molecule has 0 unspecified atom stereocenters. The van der Waals surface area contributed by atoms with E-state index in [1.165, 1.54) is 17.9 Å². The number of ether oxygens (including phenoxy) is 1. The van der Waals surface area contributed by atoms with Gasteiger partial charge in [-0.05, 0) is 36.9 Å². The van der Waals surface area contributed by atoms with E-state index in [2.05, 4.69) is 29.0 Å². The summed E-state index contributed by atoms with van der Waals surface area (Å²) in [5, 5.41) is 13.9. The minimum atomic E-state index is -1.06. The molecule has 0 saturated carbocycles. The van der Waals surface area contributed by atoms with Crippen LogP contribution in [-0.2, 0) is 11.3 Å². The van der Waals surface area contributed by atoms with Crippen LogP contribution in [0, 0.1) is 0 Å². The molecule has 0 amide bonds. The third-order valence-electron chi connectivity index (χ3n) is 3.65. The minimum Gasteiger partial charge on any atom is -0.477 e. The van der Waals surface area contributed by atoms with E-state index in [9.17, 15) is 14.7 Å². The van der Waals surface area contributed by atoms with Crippen molar-refractivity contribution in [2.75, 3.05) is 13.4 Å². The summed E-state index contributed by atoms with van der Waals surface area (Å²) in [6.45, 7) is 9.80. The maximum atomic E-state index is 11.6. The van der Waals surface area contributed by atoms with Crippen molar-refractivity contribution in [2.45, 2.75) is 27.3 Å². The summed E-state index contributed by atoms with van der Waals surface area (Å²) in [5.74, 6) is -1.48. The second-order valence-electron chi connectivity index (χ2n) is 5.42. The Bertz CT molecular complexity index is 881. The van der Waals surface area contributed by atoms with Crippen molar-refractivity contribution in [1.29, 1.82) is 0 Å². The number of methoxy groups -OCH3 is 1. The lowest BCUT2D eigenvalue weighted by Crippen LogP contribution is -2.11. The van der Waals surface area contributed by atoms with Gasteiger partial charge in [-0.3, -0.25) is 4.68 Å². The molecule has 162 valence electrons. The number of hydrogen-bond donors (Lipinski definition) is 2. The second-order valence-corrected chi connectivity index (χ2v) is 5.42. The molecule has 2 rings (SSSR count). The van der Waals surface area contributed by atoms with Crippen molar-refractivity contribution in [3.8, 4) is 0 Å². The average Bonchev–Trinajstić information content (AvgIpc) is 3.20. The first-order valence-electron chi connectivity index (χ1n) is 9.39. The van der Waals surface area contributed by atoms with Crippen LogP contribution in [0.2, 0.25) is 0 Å². The highest BCUT2D eigenvalue weighted by Gasteiger charge is 2.16. The smallest absolute Gasteiger partial charge is 0.354 e. The van der Waals surface area contributed by atoms with Gasteiger partial charge in [0.2, 0.25) is 0 Å². The fraction of sp³-hybridized carbons (Fsp3) is 0.261. The average molecular weight is 431 g/mol. The molecular formula is C23H30N2O4S. The van der Waals surface area contributed by atoms with Gasteiger partial charge in [-0.2, -0.15) is 17.7 Å². The van der Waals surface area contributed by atoms with Crippen molar-refractivity contribution in [1.82, 2.24) is 9.78 Å². The number of carbonyl (C=O) groups excluding carboxylic acids is 1. The molecule has 6 nitrogen and oxygen atoms in total. The Hall–Kier alpha value is -3.06. The number of carboxylic acid groups (broad SMARTS) is 1. The van der Waals surface area contributed by atoms with Gasteiger partial charge in [0.1, 0.15) is 5.69 Å². The number of rotatable bonds is 7. The van der Waals surface area contributed by atoms with E-state index in [0.29, 0.717) is 11.3 Å². The number of aromatic nitrogens is 2. The summed E-state index contributed by atoms with van der Waals surface area (Å²) in [7, 11) is 1.32. The Kier molecular flexibility index (Phi) is 13.4. The highest BCUT2D eigenvalue weighted by molar-refractivity contribution is 7.79. The molecule has 0 bridgehead atoms. The number of hydrogen-bond acceptors (Lipinski definition) is 5. The Balaban J connectivity index is 0.00000198.